The smallest absolute Gasteiger partial charge is 0.456 e. The van der Waals surface area contributed by atoms with Gasteiger partial charge in [0.05, 0.1) is 55.6 Å². The highest BCUT2D eigenvalue weighted by atomic mass is 127. The SMILES string of the molecule is CC(=O)OC1C(COP(=O)(O)OCC(C)(C)COCC(C)(C)CNC(=O)CCSSC(C)COC(=O)Oc2c(F)c(F)c(F)c(F)c2F)OC(n2cnc3c(NI)ncnc32)C1OC(C)=O. The number of ether oxygens (including phenoxy) is 6. The van der Waals surface area contributed by atoms with E-state index in [2.05, 4.69) is 28.5 Å². The van der Waals surface area contributed by atoms with Crippen LogP contribution in [0, 0.1) is 39.9 Å². The molecule has 0 bridgehead atoms. The lowest BCUT2D eigenvalue weighted by molar-refractivity contribution is -0.165. The number of hydrogen-bond acceptors (Lipinski definition) is 19. The molecule has 1 aromatic carbocycles. The van der Waals surface area contributed by atoms with Crippen LogP contribution >= 0.6 is 52.3 Å². The molecule has 6 unspecified atom stereocenters. The van der Waals surface area contributed by atoms with Gasteiger partial charge in [-0.25, -0.2) is 37.5 Å². The van der Waals surface area contributed by atoms with E-state index >= 15 is 0 Å². The number of imidazole rings is 1. The Kier molecular flexibility index (Phi) is 20.0. The Hall–Kier alpha value is -3.64. The van der Waals surface area contributed by atoms with E-state index in [1.807, 2.05) is 36.7 Å². The lowest BCUT2D eigenvalue weighted by Crippen LogP contribution is -2.40. The summed E-state index contributed by atoms with van der Waals surface area (Å²) in [4.78, 5) is 72.0. The van der Waals surface area contributed by atoms with Crippen molar-refractivity contribution in [2.24, 2.45) is 10.8 Å². The normalized spacial score (nSPS) is 18.9. The zero-order valence-electron chi connectivity index (χ0n) is 36.3. The third kappa shape index (κ3) is 15.7. The Bertz CT molecular complexity index is 2240. The molecule has 20 nitrogen and oxygen atoms in total. The van der Waals surface area contributed by atoms with Gasteiger partial charge in [0.1, 0.15) is 19.0 Å². The van der Waals surface area contributed by atoms with Crippen molar-refractivity contribution >= 4 is 93.3 Å². The van der Waals surface area contributed by atoms with Gasteiger partial charge in [0.15, 0.2) is 35.4 Å². The third-order valence-electron chi connectivity index (χ3n) is 8.82. The summed E-state index contributed by atoms with van der Waals surface area (Å²) in [5, 5.41) is 2.40. The Morgan fingerprint density at radius 2 is 1.55 bits per heavy atom. The van der Waals surface area contributed by atoms with Crippen molar-refractivity contribution in [1.29, 1.82) is 0 Å². The van der Waals surface area contributed by atoms with Gasteiger partial charge in [-0.2, -0.15) is 8.78 Å². The van der Waals surface area contributed by atoms with Crippen molar-refractivity contribution in [3.05, 3.63) is 41.7 Å². The first-order valence-corrected chi connectivity index (χ1v) is 24.5. The monoisotopic (exact) mass is 1120 g/mol. The molecular weight excluding hydrogens is 1070 g/mol. The molecule has 1 amide bonds. The minimum atomic E-state index is -4.77. The van der Waals surface area contributed by atoms with E-state index < -0.39 is 108 Å². The maximum atomic E-state index is 13.7. The number of hydrogen-bond donors (Lipinski definition) is 3. The number of phosphoric ester groups is 1. The summed E-state index contributed by atoms with van der Waals surface area (Å²) < 4.78 is 127. The second kappa shape index (κ2) is 24.1. The van der Waals surface area contributed by atoms with Crippen molar-refractivity contribution in [3.63, 3.8) is 0 Å². The number of halogens is 6. The molecule has 66 heavy (non-hydrogen) atoms. The zero-order valence-corrected chi connectivity index (χ0v) is 41.0. The minimum absolute atomic E-state index is 0.0677. The van der Waals surface area contributed by atoms with E-state index in [4.69, 9.17) is 32.7 Å². The predicted molar refractivity (Wildman–Crippen MR) is 233 cm³/mol. The quantitative estimate of drug-likeness (QED) is 0.00718. The highest BCUT2D eigenvalue weighted by molar-refractivity contribution is 14.1. The number of carbonyl (C=O) groups is 4. The number of aromatic nitrogens is 4. The summed E-state index contributed by atoms with van der Waals surface area (Å²) in [6.45, 7) is 10.2. The van der Waals surface area contributed by atoms with Gasteiger partial charge in [-0.15, -0.1) is 0 Å². The first-order chi connectivity index (χ1) is 30.8. The molecule has 368 valence electrons. The molecule has 0 radical (unpaired) electrons. The van der Waals surface area contributed by atoms with E-state index in [0.717, 1.165) is 13.8 Å². The van der Waals surface area contributed by atoms with Crippen molar-refractivity contribution < 1.29 is 88.1 Å². The Balaban J connectivity index is 1.17. The van der Waals surface area contributed by atoms with Crippen molar-refractivity contribution in [3.8, 4) is 5.75 Å². The summed E-state index contributed by atoms with van der Waals surface area (Å²) in [5.74, 6) is -14.4. The molecule has 2 aromatic heterocycles. The fourth-order valence-electron chi connectivity index (χ4n) is 5.71. The lowest BCUT2D eigenvalue weighted by atomic mass is 9.93. The summed E-state index contributed by atoms with van der Waals surface area (Å²) in [7, 11) is -2.31. The first kappa shape index (κ1) is 55.0. The molecule has 3 heterocycles. The molecule has 3 N–H and O–H groups in total. The Morgan fingerprint density at radius 1 is 0.924 bits per heavy atom. The van der Waals surface area contributed by atoms with E-state index in [9.17, 15) is 50.6 Å². The number of rotatable bonds is 24. The van der Waals surface area contributed by atoms with Crippen molar-refractivity contribution in [1.82, 2.24) is 24.8 Å². The molecule has 0 spiro atoms. The molecule has 1 aliphatic rings. The highest BCUT2D eigenvalue weighted by Gasteiger charge is 2.51. The van der Waals surface area contributed by atoms with Crippen molar-refractivity contribution in [2.45, 2.75) is 84.7 Å². The molecule has 29 heteroatoms. The van der Waals surface area contributed by atoms with Crippen LogP contribution in [0.15, 0.2) is 12.7 Å². The number of carbonyl (C=O) groups excluding carboxylic acids is 4. The van der Waals surface area contributed by atoms with Crippen LogP contribution in [0.3, 0.4) is 0 Å². The van der Waals surface area contributed by atoms with E-state index in [0.29, 0.717) is 17.1 Å². The summed E-state index contributed by atoms with van der Waals surface area (Å²) in [5.41, 5.74) is -0.725. The summed E-state index contributed by atoms with van der Waals surface area (Å²) in [6.07, 6.45) is -3.86. The number of benzene rings is 1. The molecular formula is C37H47F5IN6O14PS2. The molecule has 3 aromatic rings. The van der Waals surface area contributed by atoms with E-state index in [1.165, 1.54) is 38.8 Å². The summed E-state index contributed by atoms with van der Waals surface area (Å²) in [6, 6.07) is 0. The number of nitrogens with zero attached hydrogens (tertiary/aromatic N) is 4. The van der Waals surface area contributed by atoms with Crippen LogP contribution in [0.5, 0.6) is 5.75 Å². The number of phosphoric acid groups is 1. The lowest BCUT2D eigenvalue weighted by Gasteiger charge is -2.29. The maximum absolute atomic E-state index is 13.7. The average Bonchev–Trinajstić information content (AvgIpc) is 3.82. The van der Waals surface area contributed by atoms with E-state index in [-0.39, 0.29) is 50.9 Å². The molecule has 0 aliphatic carbocycles. The minimum Gasteiger partial charge on any atom is -0.456 e. The van der Waals surface area contributed by atoms with Gasteiger partial charge in [-0.05, 0) is 6.92 Å². The fraction of sp³-hybridized carbons (Fsp3) is 0.595. The average molecular weight is 1120 g/mol. The van der Waals surface area contributed by atoms with Gasteiger partial charge in [-0.3, -0.25) is 28.0 Å². The van der Waals surface area contributed by atoms with Crippen LogP contribution in [0.25, 0.3) is 11.2 Å². The van der Waals surface area contributed by atoms with Gasteiger partial charge in [0, 0.05) is 48.6 Å². The number of fused-ring (bicyclic) bond motifs is 1. The molecule has 0 saturated carbocycles. The van der Waals surface area contributed by atoms with Gasteiger partial charge in [0.2, 0.25) is 40.7 Å². The standard InChI is InChI=1S/C37H47F5IN6O14PS2/c1-18(10-57-35(53)63-30-26(41)24(39)23(38)25(40)27(30)42)66-65-9-8-22(52)44-12-36(4,5)13-56-14-37(6,7)15-59-64(54,55)58-11-21-29(60-19(2)50)31(61-20(3)51)34(62-21)49-17-47-28-32(48-43)45-16-46-33(28)49/h16-18,21,29,31,34H,8-15H2,1-7H3,(H,44,52)(H,54,55)(H,45,46,48). The fourth-order valence-corrected chi connectivity index (χ4v) is 9.15. The number of esters is 2. The van der Waals surface area contributed by atoms with Crippen LogP contribution in [0.1, 0.15) is 61.1 Å². The first-order valence-electron chi connectivity index (χ1n) is 19.5. The molecule has 4 rings (SSSR count). The molecule has 6 atom stereocenters. The van der Waals surface area contributed by atoms with E-state index in [1.54, 1.807) is 20.8 Å². The van der Waals surface area contributed by atoms with Gasteiger partial charge in [-0.1, -0.05) is 49.3 Å². The molecule has 1 fully saturated rings. The largest absolute Gasteiger partial charge is 0.514 e. The third-order valence-corrected chi connectivity index (χ3v) is 13.1. The molecule has 1 saturated heterocycles. The maximum Gasteiger partial charge on any atom is 0.514 e. The Labute approximate surface area is 396 Å². The van der Waals surface area contributed by atoms with Crippen LogP contribution in [-0.2, 0) is 51.7 Å². The second-order valence-electron chi connectivity index (χ2n) is 16.0. The Morgan fingerprint density at radius 3 is 2.18 bits per heavy atom. The highest BCUT2D eigenvalue weighted by Crippen LogP contribution is 2.46. The van der Waals surface area contributed by atoms with Crippen LogP contribution in [-0.4, -0.2) is 117 Å². The topological polar surface area (TPSA) is 247 Å². The molecule has 1 aliphatic heterocycles. The van der Waals surface area contributed by atoms with Crippen molar-refractivity contribution in [2.75, 3.05) is 48.9 Å². The van der Waals surface area contributed by atoms with Crippen LogP contribution < -0.4 is 13.6 Å². The zero-order chi connectivity index (χ0) is 49.1. The number of anilines is 1. The summed E-state index contributed by atoms with van der Waals surface area (Å²) >= 11 is 1.87. The second-order valence-corrected chi connectivity index (χ2v) is 20.9. The van der Waals surface area contributed by atoms with Crippen LogP contribution in [0.2, 0.25) is 0 Å². The van der Waals surface area contributed by atoms with Gasteiger partial charge < -0.3 is 42.2 Å². The van der Waals surface area contributed by atoms with Gasteiger partial charge >= 0.3 is 25.9 Å². The number of nitrogens with one attached hydrogen (secondary N) is 2. The van der Waals surface area contributed by atoms with Gasteiger partial charge in [0.25, 0.3) is 0 Å². The predicted octanol–water partition coefficient (Wildman–Crippen LogP) is 6.74. The number of amides is 1. The van der Waals surface area contributed by atoms with Crippen LogP contribution in [0.4, 0.5) is 32.6 Å².